The van der Waals surface area contributed by atoms with Crippen molar-refractivity contribution in [1.82, 2.24) is 0 Å². The molecule has 0 amide bonds. The zero-order valence-corrected chi connectivity index (χ0v) is 17.4. The highest BCUT2D eigenvalue weighted by molar-refractivity contribution is 7.56. The van der Waals surface area contributed by atoms with Crippen molar-refractivity contribution in [2.75, 3.05) is 0 Å². The third-order valence-electron chi connectivity index (χ3n) is 4.26. The van der Waals surface area contributed by atoms with E-state index in [1.165, 1.54) is 24.9 Å². The highest BCUT2D eigenvalue weighted by Gasteiger charge is 2.34. The molecule has 0 aromatic heterocycles. The number of hydrogen-bond acceptors (Lipinski definition) is 0. The van der Waals surface area contributed by atoms with Crippen LogP contribution in [0.1, 0.15) is 5.56 Å². The van der Waals surface area contributed by atoms with Gasteiger partial charge in [-0.25, -0.2) is 0 Å². The maximum atomic E-state index is 2.52. The van der Waals surface area contributed by atoms with Crippen molar-refractivity contribution in [2.24, 2.45) is 0 Å². The molecular weight excluding hydrogens is 315 g/mol. The molecular formula is C19H25PSi2. The smallest absolute Gasteiger partial charge is 0.0689 e. The average Bonchev–Trinajstić information content (AvgIpc) is 2.96. The van der Waals surface area contributed by atoms with Gasteiger partial charge < -0.3 is 0 Å². The molecule has 1 heterocycles. The Morgan fingerprint density at radius 2 is 1.36 bits per heavy atom. The molecule has 0 nitrogen and oxygen atoms in total. The summed E-state index contributed by atoms with van der Waals surface area (Å²) in [7, 11) is -1.05. The van der Waals surface area contributed by atoms with Gasteiger partial charge in [-0.3, -0.25) is 0 Å². The van der Waals surface area contributed by atoms with Crippen molar-refractivity contribution < 1.29 is 0 Å². The first kappa shape index (κ1) is 15.9. The standard InChI is InChI=1S/C19H25PSi2/c1-21(2,3)17-12-15(14-10-8-7-9-11-14)16-13-18(20-19(16)17)22(4,5)6/h7-13H,1-6H3. The van der Waals surface area contributed by atoms with Gasteiger partial charge >= 0.3 is 0 Å². The van der Waals surface area contributed by atoms with Gasteiger partial charge in [0.15, 0.2) is 0 Å². The van der Waals surface area contributed by atoms with E-state index in [2.05, 4.69) is 81.8 Å². The van der Waals surface area contributed by atoms with E-state index in [4.69, 9.17) is 0 Å². The summed E-state index contributed by atoms with van der Waals surface area (Å²) in [6.45, 7) is 14.8. The van der Waals surface area contributed by atoms with E-state index < -0.39 is 16.1 Å². The molecule has 114 valence electrons. The Morgan fingerprint density at radius 1 is 0.727 bits per heavy atom. The Labute approximate surface area is 138 Å². The van der Waals surface area contributed by atoms with E-state index in [1.54, 1.807) is 15.4 Å². The normalized spacial score (nSPS) is 18.9. The second kappa shape index (κ2) is 5.30. The number of fused-ring (bicyclic) bond motifs is 1. The number of benzene rings is 1. The summed E-state index contributed by atoms with van der Waals surface area (Å²) >= 11 is 0. The first-order chi connectivity index (χ1) is 10.2. The van der Waals surface area contributed by atoms with Crippen LogP contribution in [0.2, 0.25) is 39.3 Å². The maximum absolute atomic E-state index is 2.52. The first-order valence-corrected chi connectivity index (χ1v) is 15.9. The summed E-state index contributed by atoms with van der Waals surface area (Å²) in [4.78, 5) is 1.69. The average molecular weight is 341 g/mol. The first-order valence-electron chi connectivity index (χ1n) is 8.01. The lowest BCUT2D eigenvalue weighted by atomic mass is 10.0. The fraction of sp³-hybridized carbons (Fsp3) is 0.316. The zero-order valence-electron chi connectivity index (χ0n) is 14.5. The lowest BCUT2D eigenvalue weighted by Crippen LogP contribution is -2.29. The van der Waals surface area contributed by atoms with Gasteiger partial charge in [-0.05, 0) is 32.9 Å². The van der Waals surface area contributed by atoms with Crippen LogP contribution in [0.4, 0.5) is 0 Å². The van der Waals surface area contributed by atoms with E-state index in [0.29, 0.717) is 0 Å². The Kier molecular flexibility index (Phi) is 3.83. The van der Waals surface area contributed by atoms with Gasteiger partial charge in [0.2, 0.25) is 0 Å². The van der Waals surface area contributed by atoms with Crippen molar-refractivity contribution in [3.63, 3.8) is 0 Å². The van der Waals surface area contributed by atoms with E-state index >= 15 is 0 Å². The maximum Gasteiger partial charge on any atom is 0.0835 e. The Balaban J connectivity index is 2.16. The number of hydrogen-bond donors (Lipinski definition) is 0. The molecule has 22 heavy (non-hydrogen) atoms. The molecule has 0 N–H and O–H groups in total. The highest BCUT2D eigenvalue weighted by atomic mass is 31.1. The molecule has 0 unspecified atom stereocenters. The third-order valence-corrected chi connectivity index (χ3v) is 11.6. The quantitative estimate of drug-likeness (QED) is 0.457. The monoisotopic (exact) mass is 340 g/mol. The highest BCUT2D eigenvalue weighted by Crippen LogP contribution is 2.50. The van der Waals surface area contributed by atoms with Crippen LogP contribution in [0.15, 0.2) is 58.6 Å². The molecule has 1 aliphatic heterocycles. The molecule has 0 saturated carbocycles. The minimum atomic E-state index is -1.32. The van der Waals surface area contributed by atoms with Crippen molar-refractivity contribution in [1.29, 1.82) is 0 Å². The fourth-order valence-electron chi connectivity index (χ4n) is 2.93. The Morgan fingerprint density at radius 3 is 1.91 bits per heavy atom. The van der Waals surface area contributed by atoms with Gasteiger partial charge in [0.25, 0.3) is 0 Å². The Hall–Kier alpha value is -0.956. The summed E-state index contributed by atoms with van der Waals surface area (Å²) in [6.07, 6.45) is 5.02. The fourth-order valence-corrected chi connectivity index (χ4v) is 8.71. The van der Waals surface area contributed by atoms with E-state index in [-0.39, 0.29) is 0 Å². The summed E-state index contributed by atoms with van der Waals surface area (Å²) in [5.41, 5.74) is 4.34. The van der Waals surface area contributed by atoms with Crippen LogP contribution >= 0.6 is 8.20 Å². The summed E-state index contributed by atoms with van der Waals surface area (Å²) < 4.78 is 0. The summed E-state index contributed by atoms with van der Waals surface area (Å²) in [5.74, 6) is 0. The molecule has 0 spiro atoms. The van der Waals surface area contributed by atoms with Gasteiger partial charge in [0.1, 0.15) is 0 Å². The molecule has 0 atom stereocenters. The van der Waals surface area contributed by atoms with Crippen LogP contribution in [0, 0.1) is 0 Å². The van der Waals surface area contributed by atoms with Crippen LogP contribution in [-0.4, -0.2) is 21.1 Å². The largest absolute Gasteiger partial charge is 0.0835 e. The molecule has 1 aliphatic carbocycles. The zero-order chi connectivity index (χ0) is 16.1. The van der Waals surface area contributed by atoms with Crippen LogP contribution in [0.25, 0.3) is 5.57 Å². The minimum absolute atomic E-state index is 1.23. The van der Waals surface area contributed by atoms with Gasteiger partial charge in [0, 0.05) is 5.31 Å². The molecule has 1 aromatic carbocycles. The van der Waals surface area contributed by atoms with E-state index in [9.17, 15) is 0 Å². The van der Waals surface area contributed by atoms with Crippen molar-refractivity contribution in [2.45, 2.75) is 39.3 Å². The molecule has 3 heteroatoms. The topological polar surface area (TPSA) is 0 Å². The summed E-state index contributed by atoms with van der Waals surface area (Å²) in [5, 5.41) is 3.28. The minimum Gasteiger partial charge on any atom is -0.0689 e. The molecule has 2 aliphatic rings. The van der Waals surface area contributed by atoms with E-state index in [1.807, 2.05) is 0 Å². The number of rotatable bonds is 3. The van der Waals surface area contributed by atoms with Gasteiger partial charge in [-0.2, -0.15) is 0 Å². The predicted molar refractivity (Wildman–Crippen MR) is 108 cm³/mol. The molecule has 0 fully saturated rings. The second-order valence-corrected chi connectivity index (χ2v) is 19.9. The second-order valence-electron chi connectivity index (χ2n) is 8.24. The van der Waals surface area contributed by atoms with Crippen molar-refractivity contribution >= 4 is 34.8 Å². The van der Waals surface area contributed by atoms with Crippen molar-refractivity contribution in [3.8, 4) is 0 Å². The van der Waals surface area contributed by atoms with Gasteiger partial charge in [-0.1, -0.05) is 83.9 Å². The van der Waals surface area contributed by atoms with Crippen LogP contribution in [0.5, 0.6) is 0 Å². The molecule has 0 bridgehead atoms. The number of allylic oxidation sites excluding steroid dienone is 6. The molecule has 1 aromatic rings. The Bertz CT molecular complexity index is 736. The third kappa shape index (κ3) is 2.80. The molecule has 3 rings (SSSR count). The lowest BCUT2D eigenvalue weighted by molar-refractivity contribution is 1.60. The van der Waals surface area contributed by atoms with Crippen LogP contribution in [0.3, 0.4) is 0 Å². The molecule has 0 radical (unpaired) electrons. The molecule has 0 saturated heterocycles. The van der Waals surface area contributed by atoms with Gasteiger partial charge in [0.05, 0.1) is 16.1 Å². The van der Waals surface area contributed by atoms with Crippen molar-refractivity contribution in [3.05, 3.63) is 64.1 Å². The van der Waals surface area contributed by atoms with Crippen LogP contribution in [-0.2, 0) is 0 Å². The SMILES string of the molecule is C[Si](C)(C)C1=PC2=C([Si](C)(C)C)C=C(c3ccccc3)C2=C1. The van der Waals surface area contributed by atoms with Gasteiger partial charge in [-0.15, -0.1) is 0 Å². The lowest BCUT2D eigenvalue weighted by Gasteiger charge is -2.18. The van der Waals surface area contributed by atoms with Crippen LogP contribution < -0.4 is 0 Å². The predicted octanol–water partition coefficient (Wildman–Crippen LogP) is 6.15. The summed E-state index contributed by atoms with van der Waals surface area (Å²) in [6, 6.07) is 10.9. The van der Waals surface area contributed by atoms with E-state index in [0.717, 1.165) is 0 Å².